The van der Waals surface area contributed by atoms with Gasteiger partial charge in [-0.2, -0.15) is 18.3 Å². The normalized spacial score (nSPS) is 11.9. The van der Waals surface area contributed by atoms with Crippen molar-refractivity contribution in [2.75, 3.05) is 5.73 Å². The van der Waals surface area contributed by atoms with Gasteiger partial charge >= 0.3 is 6.18 Å². The first-order chi connectivity index (χ1) is 9.27. The van der Waals surface area contributed by atoms with Gasteiger partial charge in [-0.25, -0.2) is 0 Å². The lowest BCUT2D eigenvalue weighted by atomic mass is 10.2. The number of halogens is 3. The fourth-order valence-electron chi connectivity index (χ4n) is 1.60. The summed E-state index contributed by atoms with van der Waals surface area (Å²) >= 11 is 0. The molecule has 20 heavy (non-hydrogen) atoms. The molecule has 1 aromatic heterocycles. The predicted molar refractivity (Wildman–Crippen MR) is 68.5 cm³/mol. The molecule has 0 bridgehead atoms. The summed E-state index contributed by atoms with van der Waals surface area (Å²) < 4.78 is 44.6. The van der Waals surface area contributed by atoms with Crippen molar-refractivity contribution in [1.29, 1.82) is 0 Å². The monoisotopic (exact) mass is 285 g/mol. The fraction of sp³-hybridized carbons (Fsp3) is 0.308. The van der Waals surface area contributed by atoms with Crippen LogP contribution in [0, 0.1) is 0 Å². The molecule has 0 amide bonds. The Kier molecular flexibility index (Phi) is 3.61. The highest BCUT2D eigenvalue weighted by molar-refractivity contribution is 5.56. The van der Waals surface area contributed by atoms with Gasteiger partial charge in [-0.05, 0) is 32.0 Å². The lowest BCUT2D eigenvalue weighted by Gasteiger charge is -2.10. The van der Waals surface area contributed by atoms with Crippen LogP contribution in [-0.4, -0.2) is 9.78 Å². The molecule has 0 radical (unpaired) electrons. The van der Waals surface area contributed by atoms with E-state index in [0.717, 1.165) is 12.1 Å². The SMILES string of the molecule is CC(C)n1cc(Oc2ccc(C(F)(F)F)cc2N)cn1. The first kappa shape index (κ1) is 14.2. The third kappa shape index (κ3) is 3.04. The van der Waals surface area contributed by atoms with Crippen molar-refractivity contribution >= 4 is 5.69 Å². The zero-order chi connectivity index (χ0) is 14.9. The molecule has 0 atom stereocenters. The third-order valence-electron chi connectivity index (χ3n) is 2.67. The zero-order valence-corrected chi connectivity index (χ0v) is 11.0. The van der Waals surface area contributed by atoms with Crippen molar-refractivity contribution in [3.8, 4) is 11.5 Å². The van der Waals surface area contributed by atoms with Gasteiger partial charge in [0.05, 0.1) is 23.6 Å². The number of anilines is 1. The van der Waals surface area contributed by atoms with Gasteiger partial charge in [0.15, 0.2) is 5.75 Å². The fourth-order valence-corrected chi connectivity index (χ4v) is 1.60. The van der Waals surface area contributed by atoms with Gasteiger partial charge in [-0.3, -0.25) is 4.68 Å². The average Bonchev–Trinajstić information content (AvgIpc) is 2.79. The van der Waals surface area contributed by atoms with Crippen molar-refractivity contribution in [1.82, 2.24) is 9.78 Å². The van der Waals surface area contributed by atoms with E-state index in [0.29, 0.717) is 5.75 Å². The maximum absolute atomic E-state index is 12.5. The summed E-state index contributed by atoms with van der Waals surface area (Å²) in [7, 11) is 0. The van der Waals surface area contributed by atoms with Crippen LogP contribution in [0.1, 0.15) is 25.5 Å². The van der Waals surface area contributed by atoms with Crippen LogP contribution in [0.4, 0.5) is 18.9 Å². The number of benzene rings is 1. The van der Waals surface area contributed by atoms with Gasteiger partial charge in [0.1, 0.15) is 5.75 Å². The highest BCUT2D eigenvalue weighted by Gasteiger charge is 2.31. The Labute approximate surface area is 114 Å². The summed E-state index contributed by atoms with van der Waals surface area (Å²) in [5, 5.41) is 4.07. The number of hydrogen-bond donors (Lipinski definition) is 1. The minimum Gasteiger partial charge on any atom is -0.452 e. The van der Waals surface area contributed by atoms with Crippen molar-refractivity contribution in [3.63, 3.8) is 0 Å². The Morgan fingerprint density at radius 3 is 2.50 bits per heavy atom. The molecule has 2 rings (SSSR count). The quantitative estimate of drug-likeness (QED) is 0.871. The topological polar surface area (TPSA) is 53.1 Å². The molecule has 7 heteroatoms. The molecule has 0 aliphatic carbocycles. The molecule has 2 N–H and O–H groups in total. The minimum atomic E-state index is -4.42. The van der Waals surface area contributed by atoms with E-state index < -0.39 is 11.7 Å². The Morgan fingerprint density at radius 2 is 2.00 bits per heavy atom. The summed E-state index contributed by atoms with van der Waals surface area (Å²) in [4.78, 5) is 0. The van der Waals surface area contributed by atoms with Crippen LogP contribution >= 0.6 is 0 Å². The van der Waals surface area contributed by atoms with Crippen LogP contribution < -0.4 is 10.5 Å². The number of rotatable bonds is 3. The maximum atomic E-state index is 12.5. The first-order valence-electron chi connectivity index (χ1n) is 5.96. The molecule has 0 saturated heterocycles. The van der Waals surface area contributed by atoms with Crippen molar-refractivity contribution in [2.45, 2.75) is 26.1 Å². The van der Waals surface area contributed by atoms with Gasteiger partial charge < -0.3 is 10.5 Å². The van der Waals surface area contributed by atoms with Crippen molar-refractivity contribution < 1.29 is 17.9 Å². The second kappa shape index (κ2) is 5.07. The Morgan fingerprint density at radius 1 is 1.30 bits per heavy atom. The number of hydrogen-bond acceptors (Lipinski definition) is 3. The zero-order valence-electron chi connectivity index (χ0n) is 11.0. The first-order valence-corrected chi connectivity index (χ1v) is 5.96. The highest BCUT2D eigenvalue weighted by Crippen LogP contribution is 2.35. The Bertz CT molecular complexity index is 605. The standard InChI is InChI=1S/C13H14F3N3O/c1-8(2)19-7-10(6-18-19)20-12-4-3-9(5-11(12)17)13(14,15)16/h3-8H,17H2,1-2H3. The van der Waals surface area contributed by atoms with Crippen LogP contribution in [0.25, 0.3) is 0 Å². The second-order valence-corrected chi connectivity index (χ2v) is 4.60. The summed E-state index contributed by atoms with van der Waals surface area (Å²) in [6.07, 6.45) is -1.28. The molecule has 4 nitrogen and oxygen atoms in total. The van der Waals surface area contributed by atoms with E-state index in [1.54, 1.807) is 10.9 Å². The van der Waals surface area contributed by atoms with Crippen LogP contribution in [0.2, 0.25) is 0 Å². The second-order valence-electron chi connectivity index (χ2n) is 4.60. The van der Waals surface area contributed by atoms with Crippen LogP contribution in [0.3, 0.4) is 0 Å². The Balaban J connectivity index is 2.21. The van der Waals surface area contributed by atoms with Crippen molar-refractivity contribution in [2.24, 2.45) is 0 Å². The predicted octanol–water partition coefficient (Wildman–Crippen LogP) is 3.86. The van der Waals surface area contributed by atoms with E-state index in [-0.39, 0.29) is 17.5 Å². The van der Waals surface area contributed by atoms with E-state index >= 15 is 0 Å². The largest absolute Gasteiger partial charge is 0.452 e. The van der Waals surface area contributed by atoms with E-state index in [1.807, 2.05) is 13.8 Å². The molecule has 0 saturated carbocycles. The molecule has 0 unspecified atom stereocenters. The number of nitrogens with two attached hydrogens (primary N) is 1. The number of ether oxygens (including phenoxy) is 1. The molecular weight excluding hydrogens is 271 g/mol. The summed E-state index contributed by atoms with van der Waals surface area (Å²) in [5.41, 5.74) is 4.70. The molecular formula is C13H14F3N3O. The van der Waals surface area contributed by atoms with E-state index in [2.05, 4.69) is 5.10 Å². The molecule has 2 aromatic rings. The van der Waals surface area contributed by atoms with Crippen LogP contribution in [0.5, 0.6) is 11.5 Å². The molecule has 0 fully saturated rings. The summed E-state index contributed by atoms with van der Waals surface area (Å²) in [5.74, 6) is 0.589. The lowest BCUT2D eigenvalue weighted by molar-refractivity contribution is -0.137. The molecule has 108 valence electrons. The summed E-state index contributed by atoms with van der Waals surface area (Å²) in [6.45, 7) is 3.90. The van der Waals surface area contributed by atoms with E-state index in [1.165, 1.54) is 12.3 Å². The van der Waals surface area contributed by atoms with Crippen LogP contribution in [0.15, 0.2) is 30.6 Å². The van der Waals surface area contributed by atoms with Gasteiger partial charge in [-0.1, -0.05) is 0 Å². The highest BCUT2D eigenvalue weighted by atomic mass is 19.4. The maximum Gasteiger partial charge on any atom is 0.416 e. The number of aromatic nitrogens is 2. The van der Waals surface area contributed by atoms with Crippen molar-refractivity contribution in [3.05, 3.63) is 36.2 Å². The number of nitrogen functional groups attached to an aromatic ring is 1. The van der Waals surface area contributed by atoms with E-state index in [4.69, 9.17) is 10.5 Å². The third-order valence-corrected chi connectivity index (χ3v) is 2.67. The Hall–Kier alpha value is -2.18. The smallest absolute Gasteiger partial charge is 0.416 e. The van der Waals surface area contributed by atoms with Crippen LogP contribution in [-0.2, 0) is 6.18 Å². The molecule has 1 heterocycles. The molecule has 1 aromatic carbocycles. The molecule has 0 aliphatic rings. The van der Waals surface area contributed by atoms with E-state index in [9.17, 15) is 13.2 Å². The number of nitrogens with zero attached hydrogens (tertiary/aromatic N) is 2. The van der Waals surface area contributed by atoms with Gasteiger partial charge in [0.25, 0.3) is 0 Å². The molecule has 0 aliphatic heterocycles. The average molecular weight is 285 g/mol. The van der Waals surface area contributed by atoms with Gasteiger partial charge in [0.2, 0.25) is 0 Å². The molecule has 0 spiro atoms. The van der Waals surface area contributed by atoms with Gasteiger partial charge in [-0.15, -0.1) is 0 Å². The summed E-state index contributed by atoms with van der Waals surface area (Å²) in [6, 6.07) is 3.14. The lowest BCUT2D eigenvalue weighted by Crippen LogP contribution is -2.05. The van der Waals surface area contributed by atoms with Gasteiger partial charge in [0, 0.05) is 6.04 Å². The minimum absolute atomic E-state index is 0.0721. The number of alkyl halides is 3.